The first-order valence-electron chi connectivity index (χ1n) is 5.53. The normalized spacial score (nSPS) is 29.2. The van der Waals surface area contributed by atoms with Crippen LogP contribution in [-0.2, 0) is 4.79 Å². The first-order valence-corrected chi connectivity index (χ1v) is 6.93. The number of carbonyl (C=O) groups excluding carboxylic acids is 2. The largest absolute Gasteiger partial charge is 0.325 e. The fraction of sp³-hybridized carbons (Fsp3) is 0.800. The average molecular weight is 243 g/mol. The molecule has 2 rings (SSSR count). The molecule has 0 bridgehead atoms. The van der Waals surface area contributed by atoms with Crippen molar-refractivity contribution < 1.29 is 9.59 Å². The molecule has 1 atom stereocenters. The molecule has 2 heterocycles. The Balaban J connectivity index is 1.99. The van der Waals surface area contributed by atoms with Gasteiger partial charge in [0.25, 0.3) is 5.91 Å². The molecular weight excluding hydrogens is 226 g/mol. The number of nitrogens with one attached hydrogen (secondary N) is 2. The highest BCUT2D eigenvalue weighted by Crippen LogP contribution is 2.24. The molecule has 0 aromatic carbocycles. The van der Waals surface area contributed by atoms with Gasteiger partial charge >= 0.3 is 6.03 Å². The Hall–Kier alpha value is -0.750. The third kappa shape index (κ3) is 1.91. The predicted octanol–water partition coefficient (Wildman–Crippen LogP) is 0.0234. The van der Waals surface area contributed by atoms with Crippen molar-refractivity contribution in [2.75, 3.05) is 31.6 Å². The number of carbonyl (C=O) groups is 2. The number of rotatable bonds is 4. The van der Waals surface area contributed by atoms with Crippen molar-refractivity contribution in [1.82, 2.24) is 15.5 Å². The summed E-state index contributed by atoms with van der Waals surface area (Å²) in [4.78, 5) is 25.2. The van der Waals surface area contributed by atoms with Crippen molar-refractivity contribution in [3.63, 3.8) is 0 Å². The fourth-order valence-corrected chi connectivity index (χ4v) is 2.65. The second-order valence-corrected chi connectivity index (χ2v) is 5.23. The van der Waals surface area contributed by atoms with Gasteiger partial charge in [0.2, 0.25) is 0 Å². The second-order valence-electron chi connectivity index (χ2n) is 4.24. The zero-order valence-electron chi connectivity index (χ0n) is 9.41. The molecular formula is C10H17N3O2S. The van der Waals surface area contributed by atoms with Crippen molar-refractivity contribution in [3.8, 4) is 0 Å². The Kier molecular flexibility index (Phi) is 3.39. The number of urea groups is 1. The smallest absolute Gasteiger partial charge is 0.322 e. The minimum Gasteiger partial charge on any atom is -0.322 e. The lowest BCUT2D eigenvalue weighted by atomic mass is 9.99. The van der Waals surface area contributed by atoms with Crippen LogP contribution < -0.4 is 10.6 Å². The van der Waals surface area contributed by atoms with Crippen LogP contribution in [0.25, 0.3) is 0 Å². The van der Waals surface area contributed by atoms with Crippen LogP contribution in [0.4, 0.5) is 4.79 Å². The molecule has 1 unspecified atom stereocenters. The molecule has 3 amide bonds. The van der Waals surface area contributed by atoms with Gasteiger partial charge in [0.1, 0.15) is 5.54 Å². The minimum atomic E-state index is -0.642. The van der Waals surface area contributed by atoms with E-state index in [0.717, 1.165) is 18.7 Å². The summed E-state index contributed by atoms with van der Waals surface area (Å²) in [7, 11) is 0. The molecule has 16 heavy (non-hydrogen) atoms. The van der Waals surface area contributed by atoms with E-state index < -0.39 is 5.54 Å². The number of thioether (sulfide) groups is 1. The van der Waals surface area contributed by atoms with Gasteiger partial charge in [-0.3, -0.25) is 9.69 Å². The average Bonchev–Trinajstić information content (AvgIpc) is 2.80. The molecule has 0 saturated carbocycles. The van der Waals surface area contributed by atoms with Crippen LogP contribution in [0.3, 0.4) is 0 Å². The zero-order valence-corrected chi connectivity index (χ0v) is 10.2. The van der Waals surface area contributed by atoms with Crippen LogP contribution in [0.2, 0.25) is 0 Å². The summed E-state index contributed by atoms with van der Waals surface area (Å²) in [6.07, 6.45) is 3.59. The van der Waals surface area contributed by atoms with Crippen molar-refractivity contribution >= 4 is 23.7 Å². The lowest BCUT2D eigenvalue weighted by Crippen LogP contribution is -2.48. The molecule has 5 nitrogen and oxygen atoms in total. The lowest BCUT2D eigenvalue weighted by molar-refractivity contribution is -0.130. The van der Waals surface area contributed by atoms with Crippen LogP contribution in [0.15, 0.2) is 0 Å². The SMILES string of the molecule is CSCCCN1C(=O)NC2(CCNC2)C1=O. The maximum absolute atomic E-state index is 12.1. The Morgan fingerprint density at radius 3 is 2.94 bits per heavy atom. The highest BCUT2D eigenvalue weighted by Gasteiger charge is 2.52. The van der Waals surface area contributed by atoms with Gasteiger partial charge in [-0.05, 0) is 31.4 Å². The van der Waals surface area contributed by atoms with Gasteiger partial charge in [0.15, 0.2) is 0 Å². The third-order valence-electron chi connectivity index (χ3n) is 3.13. The van der Waals surface area contributed by atoms with Gasteiger partial charge in [-0.2, -0.15) is 11.8 Å². The maximum Gasteiger partial charge on any atom is 0.325 e. The highest BCUT2D eigenvalue weighted by atomic mass is 32.2. The topological polar surface area (TPSA) is 61.4 Å². The highest BCUT2D eigenvalue weighted by molar-refractivity contribution is 7.98. The number of hydrogen-bond acceptors (Lipinski definition) is 4. The number of nitrogens with zero attached hydrogens (tertiary/aromatic N) is 1. The molecule has 2 aliphatic rings. The summed E-state index contributed by atoms with van der Waals surface area (Å²) in [6, 6.07) is -0.227. The standard InChI is InChI=1S/C10H17N3O2S/c1-16-6-2-5-13-8(14)10(12-9(13)15)3-4-11-7-10/h11H,2-7H2,1H3,(H,12,15). The van der Waals surface area contributed by atoms with E-state index in [9.17, 15) is 9.59 Å². The number of hydrogen-bond donors (Lipinski definition) is 2. The first-order chi connectivity index (χ1) is 7.69. The molecule has 0 aromatic heterocycles. The van der Waals surface area contributed by atoms with Crippen LogP contribution in [0.1, 0.15) is 12.8 Å². The zero-order chi connectivity index (χ0) is 11.6. The van der Waals surface area contributed by atoms with E-state index in [1.165, 1.54) is 4.90 Å². The van der Waals surface area contributed by atoms with Gasteiger partial charge in [0.05, 0.1) is 0 Å². The molecule has 6 heteroatoms. The minimum absolute atomic E-state index is 0.0522. The number of amides is 3. The molecule has 90 valence electrons. The summed E-state index contributed by atoms with van der Waals surface area (Å²) >= 11 is 1.73. The first kappa shape index (κ1) is 11.7. The van der Waals surface area contributed by atoms with E-state index in [1.54, 1.807) is 11.8 Å². The summed E-state index contributed by atoms with van der Waals surface area (Å²) in [6.45, 7) is 1.90. The van der Waals surface area contributed by atoms with E-state index >= 15 is 0 Å². The summed E-state index contributed by atoms with van der Waals surface area (Å²) in [5.41, 5.74) is -0.642. The molecule has 2 saturated heterocycles. The van der Waals surface area contributed by atoms with Crippen LogP contribution in [-0.4, -0.2) is 54.0 Å². The monoisotopic (exact) mass is 243 g/mol. The van der Waals surface area contributed by atoms with Gasteiger partial charge in [-0.15, -0.1) is 0 Å². The van der Waals surface area contributed by atoms with Crippen molar-refractivity contribution in [2.24, 2.45) is 0 Å². The van der Waals surface area contributed by atoms with Crippen LogP contribution in [0, 0.1) is 0 Å². The van der Waals surface area contributed by atoms with Crippen molar-refractivity contribution in [2.45, 2.75) is 18.4 Å². The van der Waals surface area contributed by atoms with Crippen molar-refractivity contribution in [1.29, 1.82) is 0 Å². The second kappa shape index (κ2) is 4.63. The quantitative estimate of drug-likeness (QED) is 0.540. The predicted molar refractivity (Wildman–Crippen MR) is 63.5 cm³/mol. The molecule has 2 fully saturated rings. The Morgan fingerprint density at radius 1 is 1.50 bits per heavy atom. The molecule has 2 aliphatic heterocycles. The molecule has 0 aliphatic carbocycles. The van der Waals surface area contributed by atoms with Gasteiger partial charge in [0, 0.05) is 13.1 Å². The van der Waals surface area contributed by atoms with Crippen LogP contribution in [0.5, 0.6) is 0 Å². The van der Waals surface area contributed by atoms with Crippen molar-refractivity contribution in [3.05, 3.63) is 0 Å². The summed E-state index contributed by atoms with van der Waals surface area (Å²) in [5.74, 6) is 0.922. The summed E-state index contributed by atoms with van der Waals surface area (Å²) in [5, 5.41) is 5.95. The van der Waals surface area contributed by atoms with Gasteiger partial charge in [-0.1, -0.05) is 0 Å². The molecule has 1 spiro atoms. The molecule has 0 radical (unpaired) electrons. The Labute approximate surface area is 99.3 Å². The fourth-order valence-electron chi connectivity index (χ4n) is 2.23. The molecule has 0 aromatic rings. The van der Waals surface area contributed by atoms with Gasteiger partial charge < -0.3 is 10.6 Å². The molecule has 2 N–H and O–H groups in total. The van der Waals surface area contributed by atoms with Crippen LogP contribution >= 0.6 is 11.8 Å². The van der Waals surface area contributed by atoms with E-state index in [1.807, 2.05) is 6.26 Å². The maximum atomic E-state index is 12.1. The third-order valence-corrected chi connectivity index (χ3v) is 3.83. The Morgan fingerprint density at radius 2 is 2.31 bits per heavy atom. The van der Waals surface area contributed by atoms with Gasteiger partial charge in [-0.25, -0.2) is 4.79 Å². The van der Waals surface area contributed by atoms with E-state index in [0.29, 0.717) is 19.5 Å². The van der Waals surface area contributed by atoms with E-state index in [4.69, 9.17) is 0 Å². The summed E-state index contributed by atoms with van der Waals surface area (Å²) < 4.78 is 0. The Bertz CT molecular complexity index is 302. The lowest BCUT2D eigenvalue weighted by Gasteiger charge is -2.19. The number of imide groups is 1. The van der Waals surface area contributed by atoms with E-state index in [-0.39, 0.29) is 11.9 Å². The van der Waals surface area contributed by atoms with E-state index in [2.05, 4.69) is 10.6 Å².